The van der Waals surface area contributed by atoms with Crippen LogP contribution >= 0.6 is 0 Å². The lowest BCUT2D eigenvalue weighted by Crippen LogP contribution is -2.42. The molecule has 0 radical (unpaired) electrons. The van der Waals surface area contributed by atoms with Gasteiger partial charge in [-0.05, 0) is 44.2 Å². The van der Waals surface area contributed by atoms with Crippen molar-refractivity contribution in [1.82, 2.24) is 9.80 Å². The SMILES string of the molecule is CCN(CC)C(=O)CN(C)CC(O)COc1ccc(-c2ccccc2)cc1. The molecule has 2 rings (SSSR count). The second-order valence-corrected chi connectivity index (χ2v) is 6.62. The number of hydrogen-bond donors (Lipinski definition) is 1. The summed E-state index contributed by atoms with van der Waals surface area (Å²) in [6, 6.07) is 18.0. The molecular weight excluding hydrogens is 340 g/mol. The summed E-state index contributed by atoms with van der Waals surface area (Å²) in [5.74, 6) is 0.794. The average molecular weight is 370 g/mol. The van der Waals surface area contributed by atoms with E-state index < -0.39 is 6.10 Å². The molecule has 0 aliphatic heterocycles. The van der Waals surface area contributed by atoms with Crippen molar-refractivity contribution >= 4 is 5.91 Å². The Hall–Kier alpha value is -2.37. The van der Waals surface area contributed by atoms with Gasteiger partial charge in [0.1, 0.15) is 18.5 Å². The first-order chi connectivity index (χ1) is 13.0. The highest BCUT2D eigenvalue weighted by atomic mass is 16.5. The Morgan fingerprint density at radius 3 is 2.19 bits per heavy atom. The minimum Gasteiger partial charge on any atom is -0.491 e. The molecule has 0 aromatic heterocycles. The zero-order valence-corrected chi connectivity index (χ0v) is 16.5. The maximum atomic E-state index is 12.1. The molecule has 2 aromatic carbocycles. The third-order valence-corrected chi connectivity index (χ3v) is 4.45. The van der Waals surface area contributed by atoms with E-state index in [0.29, 0.717) is 26.2 Å². The Morgan fingerprint density at radius 2 is 1.59 bits per heavy atom. The largest absolute Gasteiger partial charge is 0.491 e. The van der Waals surface area contributed by atoms with Gasteiger partial charge in [-0.25, -0.2) is 0 Å². The van der Waals surface area contributed by atoms with E-state index in [9.17, 15) is 9.90 Å². The van der Waals surface area contributed by atoms with Crippen LogP contribution in [0, 0.1) is 0 Å². The normalized spacial score (nSPS) is 12.0. The van der Waals surface area contributed by atoms with Crippen molar-refractivity contribution in [2.75, 3.05) is 39.8 Å². The van der Waals surface area contributed by atoms with Gasteiger partial charge in [-0.3, -0.25) is 9.69 Å². The third kappa shape index (κ3) is 6.70. The molecule has 1 amide bonds. The van der Waals surface area contributed by atoms with E-state index >= 15 is 0 Å². The summed E-state index contributed by atoms with van der Waals surface area (Å²) >= 11 is 0. The highest BCUT2D eigenvalue weighted by Crippen LogP contribution is 2.22. The number of aliphatic hydroxyl groups is 1. The van der Waals surface area contributed by atoms with E-state index in [1.165, 1.54) is 0 Å². The monoisotopic (exact) mass is 370 g/mol. The molecule has 0 aliphatic carbocycles. The minimum atomic E-state index is -0.659. The molecule has 2 aromatic rings. The Bertz CT molecular complexity index is 684. The summed E-state index contributed by atoms with van der Waals surface area (Å²) in [7, 11) is 1.83. The predicted molar refractivity (Wildman–Crippen MR) is 109 cm³/mol. The molecule has 0 bridgehead atoms. The van der Waals surface area contributed by atoms with Crippen LogP contribution in [0.1, 0.15) is 13.8 Å². The number of hydrogen-bond acceptors (Lipinski definition) is 4. The van der Waals surface area contributed by atoms with Crippen LogP contribution < -0.4 is 4.74 Å². The Morgan fingerprint density at radius 1 is 1.00 bits per heavy atom. The van der Waals surface area contributed by atoms with Crippen LogP contribution in [0.4, 0.5) is 0 Å². The number of carbonyl (C=O) groups excluding carboxylic acids is 1. The number of rotatable bonds is 10. The van der Waals surface area contributed by atoms with Crippen molar-refractivity contribution in [3.05, 3.63) is 54.6 Å². The molecule has 1 atom stereocenters. The van der Waals surface area contributed by atoms with Crippen LogP contribution in [0.2, 0.25) is 0 Å². The lowest BCUT2D eigenvalue weighted by molar-refractivity contribution is -0.132. The topological polar surface area (TPSA) is 53.0 Å². The summed E-state index contributed by atoms with van der Waals surface area (Å²) in [6.07, 6.45) is -0.659. The van der Waals surface area contributed by atoms with Gasteiger partial charge in [0.25, 0.3) is 0 Å². The Labute approximate surface area is 162 Å². The summed E-state index contributed by atoms with van der Waals surface area (Å²) in [5.41, 5.74) is 2.28. The summed E-state index contributed by atoms with van der Waals surface area (Å²) in [5, 5.41) is 10.2. The second-order valence-electron chi connectivity index (χ2n) is 6.62. The number of ether oxygens (including phenoxy) is 1. The minimum absolute atomic E-state index is 0.0760. The molecular formula is C22H30N2O3. The number of carbonyl (C=O) groups is 1. The average Bonchev–Trinajstić information content (AvgIpc) is 2.68. The van der Waals surface area contributed by atoms with Gasteiger partial charge in [0.05, 0.1) is 6.54 Å². The lowest BCUT2D eigenvalue weighted by Gasteiger charge is -2.24. The van der Waals surface area contributed by atoms with E-state index in [-0.39, 0.29) is 12.5 Å². The van der Waals surface area contributed by atoms with Gasteiger partial charge in [0.2, 0.25) is 5.91 Å². The number of likely N-dealkylation sites (N-methyl/N-ethyl adjacent to an activating group) is 2. The maximum absolute atomic E-state index is 12.1. The van der Waals surface area contributed by atoms with Crippen LogP contribution in [-0.4, -0.2) is 66.8 Å². The van der Waals surface area contributed by atoms with E-state index in [0.717, 1.165) is 16.9 Å². The van der Waals surface area contributed by atoms with Crippen LogP contribution in [0.15, 0.2) is 54.6 Å². The van der Waals surface area contributed by atoms with E-state index in [4.69, 9.17) is 4.74 Å². The van der Waals surface area contributed by atoms with Gasteiger partial charge in [0.15, 0.2) is 0 Å². The van der Waals surface area contributed by atoms with Crippen LogP contribution in [0.3, 0.4) is 0 Å². The molecule has 1 unspecified atom stereocenters. The molecule has 0 saturated heterocycles. The van der Waals surface area contributed by atoms with Crippen molar-refractivity contribution in [2.24, 2.45) is 0 Å². The van der Waals surface area contributed by atoms with E-state index in [1.54, 1.807) is 4.90 Å². The molecule has 0 aliphatic rings. The summed E-state index contributed by atoms with van der Waals surface area (Å²) in [4.78, 5) is 15.7. The fourth-order valence-electron chi connectivity index (χ4n) is 2.95. The molecule has 27 heavy (non-hydrogen) atoms. The van der Waals surface area contributed by atoms with Gasteiger partial charge < -0.3 is 14.7 Å². The van der Waals surface area contributed by atoms with Crippen LogP contribution in [0.5, 0.6) is 5.75 Å². The van der Waals surface area contributed by atoms with Crippen molar-refractivity contribution in [3.8, 4) is 16.9 Å². The fraction of sp³-hybridized carbons (Fsp3) is 0.409. The molecule has 0 spiro atoms. The molecule has 0 heterocycles. The Balaban J connectivity index is 1.78. The van der Waals surface area contributed by atoms with Gasteiger partial charge >= 0.3 is 0 Å². The lowest BCUT2D eigenvalue weighted by atomic mass is 10.1. The van der Waals surface area contributed by atoms with E-state index in [2.05, 4.69) is 12.1 Å². The van der Waals surface area contributed by atoms with Crippen LogP contribution in [-0.2, 0) is 4.79 Å². The molecule has 0 saturated carbocycles. The Kier molecular flexibility index (Phi) is 8.30. The van der Waals surface area contributed by atoms with Crippen molar-refractivity contribution in [2.45, 2.75) is 20.0 Å². The summed E-state index contributed by atoms with van der Waals surface area (Å²) < 4.78 is 5.68. The smallest absolute Gasteiger partial charge is 0.236 e. The summed E-state index contributed by atoms with van der Waals surface area (Å²) in [6.45, 7) is 6.20. The molecule has 1 N–H and O–H groups in total. The molecule has 146 valence electrons. The number of amides is 1. The standard InChI is InChI=1S/C22H30N2O3/c1-4-24(5-2)22(26)16-23(3)15-20(25)17-27-21-13-11-19(12-14-21)18-9-7-6-8-10-18/h6-14,20,25H,4-5,15-17H2,1-3H3. The van der Waals surface area contributed by atoms with Crippen molar-refractivity contribution < 1.29 is 14.6 Å². The van der Waals surface area contributed by atoms with Crippen molar-refractivity contribution in [1.29, 1.82) is 0 Å². The quantitative estimate of drug-likeness (QED) is 0.699. The first-order valence-corrected chi connectivity index (χ1v) is 9.46. The maximum Gasteiger partial charge on any atom is 0.236 e. The number of nitrogens with zero attached hydrogens (tertiary/aromatic N) is 2. The van der Waals surface area contributed by atoms with Gasteiger partial charge in [0, 0.05) is 19.6 Å². The molecule has 5 heteroatoms. The second kappa shape index (κ2) is 10.7. The predicted octanol–water partition coefficient (Wildman–Crippen LogP) is 2.89. The fourth-order valence-corrected chi connectivity index (χ4v) is 2.95. The van der Waals surface area contributed by atoms with Gasteiger partial charge in [-0.1, -0.05) is 42.5 Å². The van der Waals surface area contributed by atoms with Gasteiger partial charge in [-0.2, -0.15) is 0 Å². The highest BCUT2D eigenvalue weighted by molar-refractivity contribution is 5.78. The van der Waals surface area contributed by atoms with Gasteiger partial charge in [-0.15, -0.1) is 0 Å². The van der Waals surface area contributed by atoms with E-state index in [1.807, 2.05) is 68.3 Å². The first kappa shape index (κ1) is 20.9. The zero-order valence-electron chi connectivity index (χ0n) is 16.5. The number of aliphatic hydroxyl groups excluding tert-OH is 1. The molecule has 5 nitrogen and oxygen atoms in total. The third-order valence-electron chi connectivity index (χ3n) is 4.45. The first-order valence-electron chi connectivity index (χ1n) is 9.46. The zero-order chi connectivity index (χ0) is 19.6. The highest BCUT2D eigenvalue weighted by Gasteiger charge is 2.15. The van der Waals surface area contributed by atoms with Crippen LogP contribution in [0.25, 0.3) is 11.1 Å². The number of benzene rings is 2. The van der Waals surface area contributed by atoms with Crippen molar-refractivity contribution in [3.63, 3.8) is 0 Å². The molecule has 0 fully saturated rings.